The molecule has 5 aliphatic rings. The van der Waals surface area contributed by atoms with Crippen LogP contribution in [0.25, 0.3) is 43.4 Å². The fourth-order valence-electron chi connectivity index (χ4n) is 12.4. The zero-order valence-electron chi connectivity index (χ0n) is 47.7. The number of aromatic hydroxyl groups is 1. The molecule has 3 unspecified atom stereocenters. The first-order valence-electron chi connectivity index (χ1n) is 29.2. The lowest BCUT2D eigenvalue weighted by atomic mass is 9.83. The number of hydrogen-bond acceptors (Lipinski definition) is 15. The molecule has 5 aliphatic heterocycles. The van der Waals surface area contributed by atoms with Gasteiger partial charge in [-0.05, 0) is 132 Å². The summed E-state index contributed by atoms with van der Waals surface area (Å²) in [5.74, 6) is 4.46. The molecule has 82 heavy (non-hydrogen) atoms. The third-order valence-corrected chi connectivity index (χ3v) is 17.8. The molecular weight excluding hydrogens is 1060 g/mol. The summed E-state index contributed by atoms with van der Waals surface area (Å²) in [5.41, 5.74) is 5.26. The van der Waals surface area contributed by atoms with E-state index in [2.05, 4.69) is 84.3 Å². The van der Waals surface area contributed by atoms with E-state index in [-0.39, 0.29) is 63.9 Å². The first kappa shape index (κ1) is 57.9. The van der Waals surface area contributed by atoms with E-state index in [4.69, 9.17) is 20.7 Å². The smallest absolute Gasteiger partial charge is 0.319 e. The van der Waals surface area contributed by atoms with Gasteiger partial charge in [-0.25, -0.2) is 13.8 Å². The van der Waals surface area contributed by atoms with Crippen LogP contribution in [0.3, 0.4) is 0 Å². The number of carbonyl (C=O) groups excluding carboxylic acids is 2. The number of ether oxygens (including phenoxy) is 1. The summed E-state index contributed by atoms with van der Waals surface area (Å²) in [6.07, 6.45) is 18.4. The molecule has 4 atom stereocenters. The molecule has 19 heteroatoms. The van der Waals surface area contributed by atoms with E-state index in [1.165, 1.54) is 47.5 Å². The zero-order valence-corrected chi connectivity index (χ0v) is 48.5. The number of nitrogens with one attached hydrogen (secondary N) is 2. The Kier molecular flexibility index (Phi) is 18.6. The Labute approximate surface area is 483 Å². The number of nitrogens with zero attached hydrogens (tertiary/aromatic N) is 9. The van der Waals surface area contributed by atoms with Crippen LogP contribution >= 0.6 is 11.3 Å². The molecule has 0 radical (unpaired) electrons. The van der Waals surface area contributed by atoms with Gasteiger partial charge in [-0.1, -0.05) is 61.7 Å². The zero-order chi connectivity index (χ0) is 57.4. The maximum Gasteiger partial charge on any atom is 0.319 e. The number of carbonyl (C=O) groups is 2. The summed E-state index contributed by atoms with van der Waals surface area (Å²) in [6.45, 7) is 17.6. The van der Waals surface area contributed by atoms with Crippen molar-refractivity contribution in [1.29, 1.82) is 0 Å². The average molecular weight is 1140 g/mol. The molecule has 0 saturated carbocycles. The number of aromatic nitrogens is 5. The van der Waals surface area contributed by atoms with Crippen LogP contribution < -0.4 is 25.2 Å². The van der Waals surface area contributed by atoms with Gasteiger partial charge in [-0.3, -0.25) is 19.5 Å². The van der Waals surface area contributed by atoms with Gasteiger partial charge >= 0.3 is 6.01 Å². The summed E-state index contributed by atoms with van der Waals surface area (Å²) < 4.78 is 43.7. The van der Waals surface area contributed by atoms with Crippen LogP contribution in [0.5, 0.6) is 11.8 Å². The van der Waals surface area contributed by atoms with Crippen molar-refractivity contribution in [3.63, 3.8) is 0 Å². The summed E-state index contributed by atoms with van der Waals surface area (Å²) in [7, 11) is 0. The van der Waals surface area contributed by atoms with Crippen LogP contribution in [-0.4, -0.2) is 129 Å². The molecule has 4 aromatic heterocycles. The number of pyridine rings is 1. The molecule has 432 valence electrons. The van der Waals surface area contributed by atoms with Gasteiger partial charge in [0.1, 0.15) is 41.0 Å². The molecule has 7 aromatic rings. The number of amides is 2. The van der Waals surface area contributed by atoms with Gasteiger partial charge in [0.15, 0.2) is 11.6 Å². The molecule has 5 fully saturated rings. The number of halogens is 2. The number of phenolic OH excluding ortho intramolecular Hbond substituents is 1. The predicted octanol–water partition coefficient (Wildman–Crippen LogP) is 10.6. The lowest BCUT2D eigenvalue weighted by Crippen LogP contribution is -2.44. The molecule has 2 amide bonds. The largest absolute Gasteiger partial charge is 0.508 e. The number of terminal acetylenes is 1. The number of fused-ring (bicyclic) bond motifs is 4. The maximum atomic E-state index is 16.9. The van der Waals surface area contributed by atoms with Crippen molar-refractivity contribution >= 4 is 57.0 Å². The summed E-state index contributed by atoms with van der Waals surface area (Å²) >= 11 is 1.64. The van der Waals surface area contributed by atoms with Crippen LogP contribution in [0.2, 0.25) is 0 Å². The van der Waals surface area contributed by atoms with Gasteiger partial charge in [-0.15, -0.1) is 17.8 Å². The summed E-state index contributed by atoms with van der Waals surface area (Å²) in [5, 5.41) is 22.4. The van der Waals surface area contributed by atoms with Crippen molar-refractivity contribution in [2.24, 2.45) is 11.8 Å². The van der Waals surface area contributed by atoms with Crippen molar-refractivity contribution in [3.05, 3.63) is 101 Å². The minimum Gasteiger partial charge on any atom is -0.508 e. The lowest BCUT2D eigenvalue weighted by molar-refractivity contribution is -0.131. The second-order valence-electron chi connectivity index (χ2n) is 22.6. The number of aryl methyl sites for hydroxylation is 1. The SMILES string of the molecule is C#Cc1c(F)ccc2cc(O)cc(-c3ncc4c(N5C[C@@H]6CC5CN6)nc(OCCN5CCC(CC6CCN(c7cc(CC(=O)N8CCCC8C)on7)CC6)CC5)nc4c3F)c12.CCC.Cc1ncsc1-c1ccc(C(C)NC=O)cc1. The molecule has 9 heterocycles. The Hall–Kier alpha value is -7.27. The van der Waals surface area contributed by atoms with E-state index < -0.39 is 11.6 Å². The van der Waals surface area contributed by atoms with E-state index >= 15 is 4.39 Å². The molecule has 2 bridgehead atoms. The van der Waals surface area contributed by atoms with Crippen molar-refractivity contribution in [1.82, 2.24) is 45.5 Å². The highest BCUT2D eigenvalue weighted by Crippen LogP contribution is 2.41. The maximum absolute atomic E-state index is 16.9. The number of hydrogen-bond donors (Lipinski definition) is 3. The number of thiazole rings is 1. The first-order valence-corrected chi connectivity index (χ1v) is 30.0. The highest BCUT2D eigenvalue weighted by atomic mass is 32.1. The molecular formula is C63H75F2N11O5S. The van der Waals surface area contributed by atoms with E-state index in [1.807, 2.05) is 42.5 Å². The monoisotopic (exact) mass is 1140 g/mol. The normalized spacial score (nSPS) is 19.6. The number of piperazine rings is 1. The van der Waals surface area contributed by atoms with E-state index in [9.17, 15) is 19.1 Å². The van der Waals surface area contributed by atoms with Gasteiger partial charge in [-0.2, -0.15) is 9.97 Å². The standard InChI is InChI=1S/C47H53F2N9O4.C13H14N2OS.C3H8/c1-3-36-39(48)7-6-31-20-34(59)22-37(42(31)36)44-43(49)45-38(26-51-44)46(58-27-32-21-33(58)25-50-32)53-47(52-45)61-18-17-55-13-8-29(9-14-55)19-30-10-15-56(16-11-30)40-23-35(62-54-40)24-41(60)57-12-4-5-28(57)2;1-9(14-7-16)11-3-5-12(6-4-11)13-10(2)15-8-17-13;1-3-2/h1,6-7,20,22-23,26,28-30,32-33,50,59H,4-5,8-19,21,24-25,27H2,2H3;3-9H,1-2H3,(H,14,16);3H2,1-2H3/t28?,32-,33?;;/m0../s1. The van der Waals surface area contributed by atoms with Crippen molar-refractivity contribution in [2.45, 2.75) is 123 Å². The van der Waals surface area contributed by atoms with Crippen molar-refractivity contribution in [2.75, 3.05) is 68.8 Å². The van der Waals surface area contributed by atoms with Crippen LogP contribution in [-0.2, 0) is 16.0 Å². The van der Waals surface area contributed by atoms with Crippen LogP contribution in [0.15, 0.2) is 70.8 Å². The number of piperidine rings is 2. The second-order valence-corrected chi connectivity index (χ2v) is 23.5. The molecule has 16 nitrogen and oxygen atoms in total. The molecule has 0 spiro atoms. The Morgan fingerprint density at radius 1 is 1.01 bits per heavy atom. The molecule has 3 aromatic carbocycles. The summed E-state index contributed by atoms with van der Waals surface area (Å²) in [6, 6.07) is 16.7. The molecule has 5 saturated heterocycles. The van der Waals surface area contributed by atoms with E-state index in [0.29, 0.717) is 59.4 Å². The predicted molar refractivity (Wildman–Crippen MR) is 318 cm³/mol. The second kappa shape index (κ2) is 26.3. The number of benzene rings is 3. The Bertz CT molecular complexity index is 3390. The number of anilines is 2. The van der Waals surface area contributed by atoms with Crippen molar-refractivity contribution < 1.29 is 32.7 Å². The van der Waals surface area contributed by atoms with Gasteiger partial charge in [0.05, 0.1) is 39.5 Å². The van der Waals surface area contributed by atoms with Gasteiger partial charge in [0.25, 0.3) is 0 Å². The molecule has 12 rings (SSSR count). The highest BCUT2D eigenvalue weighted by Gasteiger charge is 2.40. The topological polar surface area (TPSA) is 178 Å². The van der Waals surface area contributed by atoms with Gasteiger partial charge in [0.2, 0.25) is 12.3 Å². The van der Waals surface area contributed by atoms with Crippen LogP contribution in [0, 0.1) is 42.7 Å². The third-order valence-electron chi connectivity index (χ3n) is 16.9. The number of rotatable bonds is 15. The number of likely N-dealkylation sites (tertiary alicyclic amines) is 2. The van der Waals surface area contributed by atoms with Crippen molar-refractivity contribution in [3.8, 4) is 45.8 Å². The Morgan fingerprint density at radius 2 is 1.77 bits per heavy atom. The third kappa shape index (κ3) is 13.0. The van der Waals surface area contributed by atoms with E-state index in [0.717, 1.165) is 114 Å². The minimum absolute atomic E-state index is 0.0343. The van der Waals surface area contributed by atoms with Crippen LogP contribution in [0.1, 0.15) is 114 Å². The van der Waals surface area contributed by atoms with E-state index in [1.54, 1.807) is 17.5 Å². The summed E-state index contributed by atoms with van der Waals surface area (Å²) in [4.78, 5) is 51.5. The highest BCUT2D eigenvalue weighted by molar-refractivity contribution is 7.13. The molecule has 0 aliphatic carbocycles. The van der Waals surface area contributed by atoms with Gasteiger partial charge in [0, 0.05) is 80.6 Å². The van der Waals surface area contributed by atoms with Crippen LogP contribution in [0.4, 0.5) is 20.4 Å². The Morgan fingerprint density at radius 3 is 2.43 bits per heavy atom. The lowest BCUT2D eigenvalue weighted by Gasteiger charge is -2.36. The number of phenols is 1. The van der Waals surface area contributed by atoms with Gasteiger partial charge < -0.3 is 39.7 Å². The first-order chi connectivity index (χ1) is 39.8. The quantitative estimate of drug-likeness (QED) is 0.0652. The fourth-order valence-corrected chi connectivity index (χ4v) is 13.2. The Balaban J connectivity index is 0.000000319. The minimum atomic E-state index is -0.728. The molecule has 3 N–H and O–H groups in total. The average Bonchev–Trinajstić information content (AvgIpc) is 3.69. The fraction of sp³-hybridized carbons (Fsp3) is 0.476.